The number of nitrogens with zero attached hydrogens (tertiary/aromatic N) is 1. The largest absolute Gasteiger partial charge is 1.00 e. The lowest BCUT2D eigenvalue weighted by Crippen LogP contribution is -3.00. The SMILES string of the molecule is C/C=C1/C[N+]2(CC(=O)c3ccc4c(c3)OCCCO4)CC[C@]34C(=C(C=O)[C@H]1CC32)Nc1c(O)cccc14.[Br-]. The Morgan fingerprint density at radius 1 is 1.21 bits per heavy atom. The topological polar surface area (TPSA) is 84.9 Å². The molecule has 4 aliphatic heterocycles. The van der Waals surface area contributed by atoms with Gasteiger partial charge in [0.2, 0.25) is 5.78 Å². The molecule has 0 aromatic heterocycles. The lowest BCUT2D eigenvalue weighted by molar-refractivity contribution is -0.934. The third kappa shape index (κ3) is 3.29. The number of carbonyl (C=O) groups excluding carboxylic acids is 2. The van der Waals surface area contributed by atoms with Gasteiger partial charge in [0.1, 0.15) is 31.2 Å². The number of Topliss-reactive ketones (excluding diaryl/α,β-unsaturated/α-hetero) is 1. The Labute approximate surface area is 232 Å². The lowest BCUT2D eigenvalue weighted by Gasteiger charge is -2.53. The predicted octanol–water partition coefficient (Wildman–Crippen LogP) is 1.13. The second-order valence-electron chi connectivity index (χ2n) is 11.1. The van der Waals surface area contributed by atoms with Crippen LogP contribution in [0.1, 0.15) is 42.1 Å². The summed E-state index contributed by atoms with van der Waals surface area (Å²) in [6, 6.07) is 11.3. The van der Waals surface area contributed by atoms with Crippen LogP contribution in [0.4, 0.5) is 5.69 Å². The van der Waals surface area contributed by atoms with Gasteiger partial charge in [-0.3, -0.25) is 9.59 Å². The summed E-state index contributed by atoms with van der Waals surface area (Å²) in [6.07, 6.45) is 5.61. The smallest absolute Gasteiger partial charge is 0.217 e. The molecule has 2 aromatic rings. The molecule has 2 unspecified atom stereocenters. The number of ether oxygens (including phenoxy) is 2. The number of aldehydes is 1. The monoisotopic (exact) mass is 578 g/mol. The molecule has 2 aromatic carbocycles. The van der Waals surface area contributed by atoms with E-state index in [1.807, 2.05) is 31.2 Å². The molecule has 38 heavy (non-hydrogen) atoms. The first-order valence-corrected chi connectivity index (χ1v) is 13.2. The Morgan fingerprint density at radius 3 is 2.82 bits per heavy atom. The predicted molar refractivity (Wildman–Crippen MR) is 138 cm³/mol. The Bertz CT molecular complexity index is 1420. The maximum atomic E-state index is 13.9. The standard InChI is InChI=1S/C30H30N2O5.BrH/c1-2-18-15-32(16-24(35)19-7-8-25-26(13-19)37-12-4-11-36-25)10-9-30-22-5-3-6-23(34)28(22)31-29(30)21(17-33)20(18)14-27(30)32;/h2-3,5-8,13,17,20,27H,4,9-12,14-16H2,1H3,(H-,31,33,34);1H/b18-2-;/t20-,27?,30+,32?;/m0./s1. The Morgan fingerprint density at radius 2 is 2.03 bits per heavy atom. The summed E-state index contributed by atoms with van der Waals surface area (Å²) in [5.41, 5.74) is 4.96. The number of halogens is 1. The van der Waals surface area contributed by atoms with Crippen molar-refractivity contribution in [1.82, 2.24) is 0 Å². The second kappa shape index (κ2) is 8.99. The first-order chi connectivity index (χ1) is 18.0. The van der Waals surface area contributed by atoms with Gasteiger partial charge in [0.15, 0.2) is 11.5 Å². The molecule has 1 spiro atoms. The van der Waals surface area contributed by atoms with E-state index < -0.39 is 5.41 Å². The number of benzene rings is 2. The molecule has 7 rings (SSSR count). The highest BCUT2D eigenvalue weighted by Crippen LogP contribution is 2.64. The summed E-state index contributed by atoms with van der Waals surface area (Å²) in [7, 11) is 0. The van der Waals surface area contributed by atoms with E-state index in [1.54, 1.807) is 6.07 Å². The van der Waals surface area contributed by atoms with Gasteiger partial charge in [-0.15, -0.1) is 0 Å². The molecule has 198 valence electrons. The molecule has 2 saturated heterocycles. The minimum atomic E-state index is -0.398. The molecule has 2 fully saturated rings. The molecule has 8 heteroatoms. The van der Waals surface area contributed by atoms with E-state index in [-0.39, 0.29) is 40.5 Å². The van der Waals surface area contributed by atoms with E-state index in [0.29, 0.717) is 47.0 Å². The van der Waals surface area contributed by atoms with Crippen LogP contribution in [0, 0.1) is 5.92 Å². The average molecular weight is 579 g/mol. The van der Waals surface area contributed by atoms with Crippen molar-refractivity contribution in [2.45, 2.75) is 37.6 Å². The van der Waals surface area contributed by atoms with Crippen LogP contribution in [0.15, 0.2) is 59.3 Å². The van der Waals surface area contributed by atoms with Gasteiger partial charge in [0, 0.05) is 42.0 Å². The van der Waals surface area contributed by atoms with E-state index >= 15 is 0 Å². The van der Waals surface area contributed by atoms with Crippen molar-refractivity contribution in [3.8, 4) is 17.2 Å². The number of aromatic hydroxyl groups is 1. The van der Waals surface area contributed by atoms with E-state index in [4.69, 9.17) is 9.47 Å². The van der Waals surface area contributed by atoms with Crippen molar-refractivity contribution in [2.75, 3.05) is 38.2 Å². The van der Waals surface area contributed by atoms with Gasteiger partial charge in [0.25, 0.3) is 0 Å². The summed E-state index contributed by atoms with van der Waals surface area (Å²) < 4.78 is 12.3. The average Bonchev–Trinajstić information content (AvgIpc) is 3.32. The van der Waals surface area contributed by atoms with E-state index in [1.165, 1.54) is 5.57 Å². The molecule has 4 atom stereocenters. The number of hydrogen-bond acceptors (Lipinski definition) is 6. The molecular formula is C30H31BrN2O5. The maximum Gasteiger partial charge on any atom is 0.217 e. The zero-order valence-corrected chi connectivity index (χ0v) is 22.9. The van der Waals surface area contributed by atoms with Gasteiger partial charge in [-0.2, -0.15) is 0 Å². The van der Waals surface area contributed by atoms with E-state index in [2.05, 4.69) is 17.5 Å². The fourth-order valence-corrected chi connectivity index (χ4v) is 7.90. The summed E-state index contributed by atoms with van der Waals surface area (Å²) in [5, 5.41) is 14.2. The van der Waals surface area contributed by atoms with Crippen LogP contribution in [-0.2, 0) is 10.2 Å². The minimum Gasteiger partial charge on any atom is -1.00 e. The molecular weight excluding hydrogens is 548 g/mol. The van der Waals surface area contributed by atoms with Crippen LogP contribution in [-0.4, -0.2) is 60.5 Å². The quantitative estimate of drug-likeness (QED) is 0.186. The molecule has 4 heterocycles. The van der Waals surface area contributed by atoms with Gasteiger partial charge in [-0.1, -0.05) is 18.2 Å². The number of allylic oxidation sites excluding steroid dienone is 2. The van der Waals surface area contributed by atoms with Crippen molar-refractivity contribution in [2.24, 2.45) is 5.92 Å². The first-order valence-electron chi connectivity index (χ1n) is 13.2. The van der Waals surface area contributed by atoms with Gasteiger partial charge < -0.3 is 41.4 Å². The Hall–Kier alpha value is -3.10. The highest BCUT2D eigenvalue weighted by Gasteiger charge is 2.69. The zero-order valence-electron chi connectivity index (χ0n) is 21.3. The van der Waals surface area contributed by atoms with Crippen LogP contribution in [0.25, 0.3) is 0 Å². The molecule has 0 radical (unpaired) electrons. The van der Waals surface area contributed by atoms with Crippen molar-refractivity contribution in [1.29, 1.82) is 0 Å². The normalized spacial score (nSPS) is 31.0. The molecule has 5 aliphatic rings. The second-order valence-corrected chi connectivity index (χ2v) is 11.1. The van der Waals surface area contributed by atoms with E-state index in [0.717, 1.165) is 55.5 Å². The summed E-state index contributed by atoms with van der Waals surface area (Å²) in [4.78, 5) is 26.4. The Balaban J connectivity index is 0.00000264. The summed E-state index contributed by atoms with van der Waals surface area (Å²) >= 11 is 0. The number of quaternary nitrogens is 1. The van der Waals surface area contributed by atoms with Gasteiger partial charge in [0.05, 0.1) is 30.9 Å². The molecule has 7 nitrogen and oxygen atoms in total. The number of nitrogens with one attached hydrogen (secondary N) is 1. The number of ketones is 1. The lowest BCUT2D eigenvalue weighted by atomic mass is 9.61. The number of para-hydroxylation sites is 1. The van der Waals surface area contributed by atoms with Gasteiger partial charge >= 0.3 is 0 Å². The number of rotatable bonds is 4. The van der Waals surface area contributed by atoms with Crippen molar-refractivity contribution in [3.63, 3.8) is 0 Å². The van der Waals surface area contributed by atoms with Crippen LogP contribution >= 0.6 is 0 Å². The first kappa shape index (κ1) is 25.2. The zero-order chi connectivity index (χ0) is 25.4. The Kier molecular flexibility index (Phi) is 5.96. The fraction of sp³-hybridized carbons (Fsp3) is 0.400. The molecule has 2 bridgehead atoms. The number of carbonyl (C=O) groups is 2. The van der Waals surface area contributed by atoms with Gasteiger partial charge in [-0.05, 0) is 42.3 Å². The van der Waals surface area contributed by atoms with Crippen molar-refractivity contribution in [3.05, 3.63) is 70.4 Å². The third-order valence-corrected chi connectivity index (χ3v) is 9.49. The van der Waals surface area contributed by atoms with E-state index in [9.17, 15) is 14.7 Å². The van der Waals surface area contributed by atoms with Gasteiger partial charge in [-0.25, -0.2) is 0 Å². The highest BCUT2D eigenvalue weighted by molar-refractivity contribution is 5.98. The molecule has 2 N–H and O–H groups in total. The van der Waals surface area contributed by atoms with Crippen molar-refractivity contribution >= 4 is 17.8 Å². The third-order valence-electron chi connectivity index (χ3n) is 9.49. The molecule has 0 amide bonds. The van der Waals surface area contributed by atoms with Crippen LogP contribution < -0.4 is 31.8 Å². The van der Waals surface area contributed by atoms with Crippen LogP contribution in [0.5, 0.6) is 17.2 Å². The fourth-order valence-electron chi connectivity index (χ4n) is 7.90. The number of hydrogen-bond donors (Lipinski definition) is 2. The van der Waals surface area contributed by atoms with Crippen LogP contribution in [0.3, 0.4) is 0 Å². The minimum absolute atomic E-state index is 0. The summed E-state index contributed by atoms with van der Waals surface area (Å²) in [6.45, 7) is 5.19. The molecule has 0 saturated carbocycles. The number of piperidine rings is 1. The number of anilines is 1. The molecule has 1 aliphatic carbocycles. The van der Waals surface area contributed by atoms with Crippen molar-refractivity contribution < 1.29 is 45.6 Å². The number of phenolic OH excluding ortho intramolecular Hbond substituents is 1. The number of phenols is 1. The summed E-state index contributed by atoms with van der Waals surface area (Å²) in [5.74, 6) is 1.66. The maximum absolute atomic E-state index is 13.9. The van der Waals surface area contributed by atoms with Crippen LogP contribution in [0.2, 0.25) is 0 Å². The number of fused-ring (bicyclic) bond motifs is 3. The highest BCUT2D eigenvalue weighted by atomic mass is 79.9.